The summed E-state index contributed by atoms with van der Waals surface area (Å²) in [5, 5.41) is 12.6. The average Bonchev–Trinajstić information content (AvgIpc) is 2.99. The van der Waals surface area contributed by atoms with E-state index in [2.05, 4.69) is 28.8 Å². The maximum atomic E-state index is 10.6. The van der Waals surface area contributed by atoms with Gasteiger partial charge in [0.2, 0.25) is 0 Å². The Labute approximate surface area is 167 Å². The molecule has 2 aromatic heterocycles. The summed E-state index contributed by atoms with van der Waals surface area (Å²) in [5.74, 6) is 0.784. The predicted molar refractivity (Wildman–Crippen MR) is 106 cm³/mol. The zero-order valence-corrected chi connectivity index (χ0v) is 16.7. The van der Waals surface area contributed by atoms with Crippen molar-refractivity contribution in [3.8, 4) is 0 Å². The van der Waals surface area contributed by atoms with E-state index in [1.165, 1.54) is 11.8 Å². The van der Waals surface area contributed by atoms with Crippen molar-refractivity contribution in [3.63, 3.8) is 0 Å². The molecule has 0 bridgehead atoms. The molecule has 0 aliphatic heterocycles. The van der Waals surface area contributed by atoms with Crippen LogP contribution in [-0.2, 0) is 6.42 Å². The van der Waals surface area contributed by atoms with Crippen LogP contribution in [0, 0.1) is 0 Å². The second kappa shape index (κ2) is 8.44. The number of aromatic nitrogens is 3. The van der Waals surface area contributed by atoms with Gasteiger partial charge in [0.15, 0.2) is 0 Å². The number of H-pyrrole nitrogens is 1. The Morgan fingerprint density at radius 3 is 2.54 bits per heavy atom. The van der Waals surface area contributed by atoms with Gasteiger partial charge in [-0.1, -0.05) is 54.9 Å². The maximum absolute atomic E-state index is 10.6. The Hall–Kier alpha value is -1.53. The lowest BCUT2D eigenvalue weighted by Gasteiger charge is -2.07. The second-order valence-corrected chi connectivity index (χ2v) is 8.22. The van der Waals surface area contributed by atoms with E-state index in [9.17, 15) is 5.11 Å². The molecule has 0 fully saturated rings. The average molecular weight is 408 g/mol. The van der Waals surface area contributed by atoms with Gasteiger partial charge in [0.05, 0.1) is 5.69 Å². The zero-order chi connectivity index (χ0) is 18.7. The van der Waals surface area contributed by atoms with Crippen LogP contribution < -0.4 is 0 Å². The van der Waals surface area contributed by atoms with Gasteiger partial charge in [-0.3, -0.25) is 4.98 Å². The standard InChI is InChI=1S/C19H19Cl2N3OS/c1-11(2)17-19(26-15-8-13(20)7-14(21)9-15)24-18(23-17)16(25)6-12-4-3-5-22-10-12/h3-5,7-11,16,25H,6H2,1-2H3,(H,23,24). The van der Waals surface area contributed by atoms with E-state index >= 15 is 0 Å². The molecule has 1 aromatic carbocycles. The van der Waals surface area contributed by atoms with E-state index in [-0.39, 0.29) is 5.92 Å². The smallest absolute Gasteiger partial charge is 0.136 e. The third-order valence-electron chi connectivity index (χ3n) is 3.81. The minimum atomic E-state index is -0.728. The molecular formula is C19H19Cl2N3OS. The van der Waals surface area contributed by atoms with E-state index in [4.69, 9.17) is 23.2 Å². The van der Waals surface area contributed by atoms with Crippen molar-refractivity contribution < 1.29 is 5.11 Å². The summed E-state index contributed by atoms with van der Waals surface area (Å²) < 4.78 is 0. The summed E-state index contributed by atoms with van der Waals surface area (Å²) in [5.41, 5.74) is 1.93. The highest BCUT2D eigenvalue weighted by Gasteiger charge is 2.20. The fourth-order valence-electron chi connectivity index (χ4n) is 2.55. The first-order chi connectivity index (χ1) is 12.4. The Kier molecular flexibility index (Phi) is 6.24. The molecule has 0 saturated carbocycles. The van der Waals surface area contributed by atoms with Gasteiger partial charge >= 0.3 is 0 Å². The monoisotopic (exact) mass is 407 g/mol. The number of hydrogen-bond donors (Lipinski definition) is 2. The van der Waals surface area contributed by atoms with Crippen molar-refractivity contribution in [3.05, 3.63) is 69.9 Å². The van der Waals surface area contributed by atoms with Gasteiger partial charge in [-0.05, 0) is 35.7 Å². The molecule has 1 atom stereocenters. The molecule has 7 heteroatoms. The quantitative estimate of drug-likeness (QED) is 0.552. The van der Waals surface area contributed by atoms with Crippen LogP contribution in [-0.4, -0.2) is 20.1 Å². The van der Waals surface area contributed by atoms with Gasteiger partial charge in [-0.15, -0.1) is 0 Å². The highest BCUT2D eigenvalue weighted by Crippen LogP contribution is 2.36. The van der Waals surface area contributed by atoms with E-state index in [0.717, 1.165) is 21.2 Å². The minimum Gasteiger partial charge on any atom is -0.385 e. The number of aromatic amines is 1. The van der Waals surface area contributed by atoms with Crippen LogP contribution in [0.25, 0.3) is 0 Å². The molecule has 0 saturated heterocycles. The third-order valence-corrected chi connectivity index (χ3v) is 5.22. The number of benzene rings is 1. The van der Waals surface area contributed by atoms with Crippen molar-refractivity contribution >= 4 is 35.0 Å². The number of halogens is 2. The molecule has 0 spiro atoms. The molecule has 1 unspecified atom stereocenters. The van der Waals surface area contributed by atoms with Gasteiger partial charge in [-0.25, -0.2) is 4.98 Å². The molecule has 2 heterocycles. The van der Waals surface area contributed by atoms with Crippen molar-refractivity contribution in [1.29, 1.82) is 0 Å². The highest BCUT2D eigenvalue weighted by molar-refractivity contribution is 7.99. The summed E-state index contributed by atoms with van der Waals surface area (Å²) >= 11 is 13.7. The second-order valence-electron chi connectivity index (χ2n) is 6.28. The lowest BCUT2D eigenvalue weighted by molar-refractivity contribution is 0.169. The topological polar surface area (TPSA) is 61.8 Å². The Morgan fingerprint density at radius 1 is 1.19 bits per heavy atom. The number of nitrogens with one attached hydrogen (secondary N) is 1. The summed E-state index contributed by atoms with van der Waals surface area (Å²) in [4.78, 5) is 12.9. The largest absolute Gasteiger partial charge is 0.385 e. The molecular weight excluding hydrogens is 389 g/mol. The Balaban J connectivity index is 1.86. The number of aliphatic hydroxyl groups is 1. The lowest BCUT2D eigenvalue weighted by Crippen LogP contribution is -2.04. The SMILES string of the molecule is CC(C)c1[nH]c(C(O)Cc2cccnc2)nc1Sc1cc(Cl)cc(Cl)c1. The Bertz CT molecular complexity index is 863. The van der Waals surface area contributed by atoms with Gasteiger partial charge in [-0.2, -0.15) is 0 Å². The number of rotatable bonds is 6. The van der Waals surface area contributed by atoms with Crippen molar-refractivity contribution in [2.24, 2.45) is 0 Å². The normalized spacial score (nSPS) is 12.5. The first-order valence-electron chi connectivity index (χ1n) is 8.23. The van der Waals surface area contributed by atoms with Gasteiger partial charge in [0, 0.05) is 33.8 Å². The number of aliphatic hydroxyl groups excluding tert-OH is 1. The van der Waals surface area contributed by atoms with Crippen molar-refractivity contribution in [2.75, 3.05) is 0 Å². The molecule has 2 N–H and O–H groups in total. The molecule has 0 amide bonds. The fraction of sp³-hybridized carbons (Fsp3) is 0.263. The summed E-state index contributed by atoms with van der Waals surface area (Å²) in [6.45, 7) is 4.17. The number of pyridine rings is 1. The number of hydrogen-bond acceptors (Lipinski definition) is 4. The van der Waals surface area contributed by atoms with Gasteiger partial charge < -0.3 is 10.1 Å². The first-order valence-corrected chi connectivity index (χ1v) is 9.80. The lowest BCUT2D eigenvalue weighted by atomic mass is 10.1. The van der Waals surface area contributed by atoms with Crippen LogP contribution >= 0.6 is 35.0 Å². The molecule has 0 radical (unpaired) electrons. The summed E-state index contributed by atoms with van der Waals surface area (Å²) in [7, 11) is 0. The van der Waals surface area contributed by atoms with E-state index in [1.54, 1.807) is 18.5 Å². The van der Waals surface area contributed by atoms with E-state index < -0.39 is 6.10 Å². The highest BCUT2D eigenvalue weighted by atomic mass is 35.5. The van der Waals surface area contributed by atoms with Crippen molar-refractivity contribution in [2.45, 2.75) is 42.2 Å². The molecule has 3 aromatic rings. The van der Waals surface area contributed by atoms with Crippen molar-refractivity contribution in [1.82, 2.24) is 15.0 Å². The number of imidazole rings is 1. The summed E-state index contributed by atoms with van der Waals surface area (Å²) in [6.07, 6.45) is 3.18. The molecule has 0 aliphatic carbocycles. The van der Waals surface area contributed by atoms with Gasteiger partial charge in [0.1, 0.15) is 17.0 Å². The van der Waals surface area contributed by atoms with Crippen LogP contribution in [0.5, 0.6) is 0 Å². The molecule has 4 nitrogen and oxygen atoms in total. The zero-order valence-electron chi connectivity index (χ0n) is 14.4. The van der Waals surface area contributed by atoms with Crippen LogP contribution in [0.3, 0.4) is 0 Å². The maximum Gasteiger partial charge on any atom is 0.136 e. The molecule has 3 rings (SSSR count). The van der Waals surface area contributed by atoms with Crippen LogP contribution in [0.2, 0.25) is 10.0 Å². The minimum absolute atomic E-state index is 0.235. The predicted octanol–water partition coefficient (Wildman–Crippen LogP) is 5.66. The molecule has 26 heavy (non-hydrogen) atoms. The summed E-state index contributed by atoms with van der Waals surface area (Å²) in [6, 6.07) is 9.19. The van der Waals surface area contributed by atoms with E-state index in [0.29, 0.717) is 22.3 Å². The fourth-order valence-corrected chi connectivity index (χ4v) is 4.34. The van der Waals surface area contributed by atoms with Gasteiger partial charge in [0.25, 0.3) is 0 Å². The van der Waals surface area contributed by atoms with Crippen LogP contribution in [0.4, 0.5) is 0 Å². The third kappa shape index (κ3) is 4.80. The van der Waals surface area contributed by atoms with Crippen LogP contribution in [0.1, 0.15) is 43.0 Å². The first kappa shape index (κ1) is 19.2. The molecule has 136 valence electrons. The van der Waals surface area contributed by atoms with E-state index in [1.807, 2.05) is 24.3 Å². The number of nitrogens with zero attached hydrogens (tertiary/aromatic N) is 2. The van der Waals surface area contributed by atoms with Crippen LogP contribution in [0.15, 0.2) is 52.6 Å². The molecule has 0 aliphatic rings. The Morgan fingerprint density at radius 2 is 1.92 bits per heavy atom.